The number of amides is 1. The highest BCUT2D eigenvalue weighted by atomic mass is 16.2. The number of rotatable bonds is 1. The van der Waals surface area contributed by atoms with E-state index >= 15 is 0 Å². The van der Waals surface area contributed by atoms with Crippen LogP contribution in [0.2, 0.25) is 0 Å². The van der Waals surface area contributed by atoms with Gasteiger partial charge >= 0.3 is 0 Å². The fourth-order valence-electron chi connectivity index (χ4n) is 3.08. The highest BCUT2D eigenvalue weighted by Gasteiger charge is 2.29. The first-order valence-corrected chi connectivity index (χ1v) is 7.33. The number of hydrogen-bond acceptors (Lipinski definition) is 2. The second-order valence-electron chi connectivity index (χ2n) is 5.91. The van der Waals surface area contributed by atoms with Gasteiger partial charge < -0.3 is 10.2 Å². The van der Waals surface area contributed by atoms with Crippen LogP contribution in [0.4, 0.5) is 0 Å². The number of benzene rings is 1. The highest BCUT2D eigenvalue weighted by molar-refractivity contribution is 5.82. The molecule has 102 valence electrons. The minimum absolute atomic E-state index is 0.0247. The van der Waals surface area contributed by atoms with Gasteiger partial charge in [0, 0.05) is 19.6 Å². The topological polar surface area (TPSA) is 32.3 Å². The number of carbonyl (C=O) groups is 1. The second kappa shape index (κ2) is 5.33. The van der Waals surface area contributed by atoms with Gasteiger partial charge in [-0.15, -0.1) is 0 Å². The van der Waals surface area contributed by atoms with Crippen LogP contribution in [0, 0.1) is 5.92 Å². The van der Waals surface area contributed by atoms with Crippen LogP contribution in [0.25, 0.3) is 0 Å². The molecule has 3 rings (SSSR count). The summed E-state index contributed by atoms with van der Waals surface area (Å²) < 4.78 is 0. The lowest BCUT2D eigenvalue weighted by atomic mass is 9.93. The quantitative estimate of drug-likeness (QED) is 0.835. The van der Waals surface area contributed by atoms with E-state index in [0.717, 1.165) is 44.8 Å². The molecule has 1 amide bonds. The molecule has 1 saturated heterocycles. The first kappa shape index (κ1) is 12.7. The molecule has 0 aromatic heterocycles. The van der Waals surface area contributed by atoms with Gasteiger partial charge in [-0.3, -0.25) is 4.79 Å². The molecule has 0 saturated carbocycles. The number of piperidine rings is 1. The summed E-state index contributed by atoms with van der Waals surface area (Å²) in [5.74, 6) is 1.06. The lowest BCUT2D eigenvalue weighted by Gasteiger charge is -2.35. The number of likely N-dealkylation sites (tertiary alicyclic amines) is 1. The lowest BCUT2D eigenvalue weighted by Crippen LogP contribution is -2.51. The van der Waals surface area contributed by atoms with Crippen molar-refractivity contribution in [2.45, 2.75) is 38.8 Å². The third kappa shape index (κ3) is 2.66. The van der Waals surface area contributed by atoms with Crippen molar-refractivity contribution in [3.63, 3.8) is 0 Å². The van der Waals surface area contributed by atoms with Gasteiger partial charge in [0.05, 0.1) is 6.04 Å². The van der Waals surface area contributed by atoms with Crippen molar-refractivity contribution < 1.29 is 4.79 Å². The third-order valence-electron chi connectivity index (χ3n) is 4.47. The zero-order valence-electron chi connectivity index (χ0n) is 11.6. The van der Waals surface area contributed by atoms with Crippen LogP contribution in [0.5, 0.6) is 0 Å². The minimum atomic E-state index is -0.0247. The molecule has 1 atom stereocenters. The molecule has 2 aliphatic rings. The molecule has 1 N–H and O–H groups in total. The van der Waals surface area contributed by atoms with Gasteiger partial charge in [0.1, 0.15) is 0 Å². The number of fused-ring (bicyclic) bond motifs is 1. The zero-order valence-corrected chi connectivity index (χ0v) is 11.6. The van der Waals surface area contributed by atoms with E-state index in [0.29, 0.717) is 5.91 Å². The van der Waals surface area contributed by atoms with Gasteiger partial charge in [-0.1, -0.05) is 31.2 Å². The Hall–Kier alpha value is -1.35. The second-order valence-corrected chi connectivity index (χ2v) is 5.91. The van der Waals surface area contributed by atoms with Crippen molar-refractivity contribution in [3.8, 4) is 0 Å². The van der Waals surface area contributed by atoms with Crippen molar-refractivity contribution in [2.75, 3.05) is 13.1 Å². The highest BCUT2D eigenvalue weighted by Crippen LogP contribution is 2.20. The smallest absolute Gasteiger partial charge is 0.240 e. The molecule has 0 unspecified atom stereocenters. The summed E-state index contributed by atoms with van der Waals surface area (Å²) in [6.45, 7) is 4.95. The van der Waals surface area contributed by atoms with Crippen LogP contribution in [0.1, 0.15) is 30.9 Å². The molecular weight excluding hydrogens is 236 g/mol. The molecule has 19 heavy (non-hydrogen) atoms. The molecular formula is C16H22N2O. The molecule has 0 aliphatic carbocycles. The Bertz CT molecular complexity index is 464. The molecule has 3 nitrogen and oxygen atoms in total. The number of nitrogens with one attached hydrogen (secondary N) is 1. The summed E-state index contributed by atoms with van der Waals surface area (Å²) in [7, 11) is 0. The van der Waals surface area contributed by atoms with E-state index < -0.39 is 0 Å². The van der Waals surface area contributed by atoms with E-state index in [-0.39, 0.29) is 6.04 Å². The van der Waals surface area contributed by atoms with E-state index in [2.05, 4.69) is 36.5 Å². The van der Waals surface area contributed by atoms with E-state index in [9.17, 15) is 4.79 Å². The van der Waals surface area contributed by atoms with E-state index in [1.807, 2.05) is 4.90 Å². The normalized spacial score (nSPS) is 24.1. The van der Waals surface area contributed by atoms with Gasteiger partial charge in [0.15, 0.2) is 0 Å². The van der Waals surface area contributed by atoms with Crippen molar-refractivity contribution in [3.05, 3.63) is 35.4 Å². The Balaban J connectivity index is 1.66. The number of carbonyl (C=O) groups excluding carboxylic acids is 1. The van der Waals surface area contributed by atoms with Gasteiger partial charge in [-0.25, -0.2) is 0 Å². The average molecular weight is 258 g/mol. The molecule has 2 heterocycles. The molecule has 1 aromatic rings. The van der Waals surface area contributed by atoms with Gasteiger partial charge in [-0.05, 0) is 36.3 Å². The summed E-state index contributed by atoms with van der Waals surface area (Å²) in [4.78, 5) is 14.6. The predicted molar refractivity (Wildman–Crippen MR) is 75.8 cm³/mol. The number of hydrogen-bond donors (Lipinski definition) is 1. The van der Waals surface area contributed by atoms with Crippen molar-refractivity contribution >= 4 is 5.91 Å². The molecule has 1 aromatic carbocycles. The van der Waals surface area contributed by atoms with Crippen LogP contribution in [-0.4, -0.2) is 29.9 Å². The molecule has 3 heteroatoms. The van der Waals surface area contributed by atoms with Gasteiger partial charge in [0.2, 0.25) is 5.91 Å². The molecule has 2 aliphatic heterocycles. The SMILES string of the molecule is CC1CCN(C(=O)[C@@H]2Cc3ccccc3CN2)CC1. The Labute approximate surface area is 115 Å². The standard InChI is InChI=1S/C16H22N2O/c1-12-6-8-18(9-7-12)16(19)15-10-13-4-2-3-5-14(13)11-17-15/h2-5,12,15,17H,6-11H2,1H3/t15-/m0/s1. The molecule has 1 fully saturated rings. The van der Waals surface area contributed by atoms with Gasteiger partial charge in [0.25, 0.3) is 0 Å². The summed E-state index contributed by atoms with van der Waals surface area (Å²) >= 11 is 0. The van der Waals surface area contributed by atoms with Crippen LogP contribution in [0.3, 0.4) is 0 Å². The van der Waals surface area contributed by atoms with Crippen molar-refractivity contribution in [1.82, 2.24) is 10.2 Å². The third-order valence-corrected chi connectivity index (χ3v) is 4.47. The number of nitrogens with zero attached hydrogens (tertiary/aromatic N) is 1. The predicted octanol–water partition coefficient (Wildman–Crippen LogP) is 1.96. The van der Waals surface area contributed by atoms with Crippen LogP contribution in [-0.2, 0) is 17.8 Å². The van der Waals surface area contributed by atoms with Crippen LogP contribution >= 0.6 is 0 Å². The fourth-order valence-corrected chi connectivity index (χ4v) is 3.08. The Morgan fingerprint density at radius 3 is 2.63 bits per heavy atom. The van der Waals surface area contributed by atoms with Crippen molar-refractivity contribution in [2.24, 2.45) is 5.92 Å². The fraction of sp³-hybridized carbons (Fsp3) is 0.562. The van der Waals surface area contributed by atoms with E-state index in [1.54, 1.807) is 0 Å². The van der Waals surface area contributed by atoms with Crippen molar-refractivity contribution in [1.29, 1.82) is 0 Å². The Kier molecular flexibility index (Phi) is 3.56. The van der Waals surface area contributed by atoms with E-state index in [4.69, 9.17) is 0 Å². The maximum absolute atomic E-state index is 12.5. The monoisotopic (exact) mass is 258 g/mol. The maximum atomic E-state index is 12.5. The maximum Gasteiger partial charge on any atom is 0.240 e. The minimum Gasteiger partial charge on any atom is -0.341 e. The summed E-state index contributed by atoms with van der Waals surface area (Å²) in [6, 6.07) is 8.40. The first-order valence-electron chi connectivity index (χ1n) is 7.33. The Morgan fingerprint density at radius 1 is 1.21 bits per heavy atom. The van der Waals surface area contributed by atoms with Gasteiger partial charge in [-0.2, -0.15) is 0 Å². The average Bonchev–Trinajstić information content (AvgIpc) is 2.47. The van der Waals surface area contributed by atoms with Crippen LogP contribution in [0.15, 0.2) is 24.3 Å². The van der Waals surface area contributed by atoms with E-state index in [1.165, 1.54) is 11.1 Å². The largest absolute Gasteiger partial charge is 0.341 e. The summed E-state index contributed by atoms with van der Waals surface area (Å²) in [5.41, 5.74) is 2.66. The molecule has 0 spiro atoms. The molecule has 0 radical (unpaired) electrons. The summed E-state index contributed by atoms with van der Waals surface area (Å²) in [6.07, 6.45) is 3.13. The Morgan fingerprint density at radius 2 is 1.89 bits per heavy atom. The lowest BCUT2D eigenvalue weighted by molar-refractivity contribution is -0.135. The van der Waals surface area contributed by atoms with Crippen LogP contribution < -0.4 is 5.32 Å². The molecule has 0 bridgehead atoms. The summed E-state index contributed by atoms with van der Waals surface area (Å²) in [5, 5.41) is 3.39. The first-order chi connectivity index (χ1) is 9.24. The zero-order chi connectivity index (χ0) is 13.2.